The predicted octanol–water partition coefficient (Wildman–Crippen LogP) is 1.45. The van der Waals surface area contributed by atoms with Crippen LogP contribution in [-0.2, 0) is 20.5 Å². The van der Waals surface area contributed by atoms with Gasteiger partial charge in [0.05, 0.1) is 31.2 Å². The third kappa shape index (κ3) is 7.82. The maximum absolute atomic E-state index is 13.6. The van der Waals surface area contributed by atoms with E-state index in [1.165, 1.54) is 4.90 Å². The van der Waals surface area contributed by atoms with Crippen LogP contribution in [0.4, 0.5) is 19.1 Å². The lowest BCUT2D eigenvalue weighted by Crippen LogP contribution is -2.42. The molecule has 14 heteroatoms. The number of aromatic nitrogens is 2. The molecule has 1 saturated heterocycles. The Labute approximate surface area is 188 Å². The summed E-state index contributed by atoms with van der Waals surface area (Å²) in [6.45, 7) is 2.40. The van der Waals surface area contributed by atoms with Crippen LogP contribution in [0.3, 0.4) is 0 Å². The number of rotatable bonds is 11. The van der Waals surface area contributed by atoms with E-state index in [-0.39, 0.29) is 39.3 Å². The second kappa shape index (κ2) is 12.3. The van der Waals surface area contributed by atoms with Gasteiger partial charge in [-0.2, -0.15) is 13.2 Å². The van der Waals surface area contributed by atoms with Gasteiger partial charge in [0.1, 0.15) is 0 Å². The van der Waals surface area contributed by atoms with Crippen molar-refractivity contribution in [3.63, 3.8) is 0 Å². The molecule has 0 aromatic carbocycles. The number of hydrogen-bond donors (Lipinski definition) is 3. The van der Waals surface area contributed by atoms with Crippen molar-refractivity contribution in [2.75, 3.05) is 38.3 Å². The molecule has 33 heavy (non-hydrogen) atoms. The number of halogens is 3. The molecular formula is C19H27F3N6O5. The lowest BCUT2D eigenvalue weighted by atomic mass is 10.0. The van der Waals surface area contributed by atoms with Gasteiger partial charge >= 0.3 is 6.18 Å². The van der Waals surface area contributed by atoms with Crippen LogP contribution < -0.4 is 10.9 Å². The molecule has 2 rings (SSSR count). The quantitative estimate of drug-likeness (QED) is 0.189. The number of carbonyl (C=O) groups is 3. The van der Waals surface area contributed by atoms with Crippen molar-refractivity contribution in [3.8, 4) is 0 Å². The lowest BCUT2D eigenvalue weighted by molar-refractivity contribution is -0.154. The van der Waals surface area contributed by atoms with E-state index < -0.39 is 41.1 Å². The topological polar surface area (TPSA) is 137 Å². The van der Waals surface area contributed by atoms with E-state index in [9.17, 15) is 32.8 Å². The Hall–Kier alpha value is -3.00. The van der Waals surface area contributed by atoms with Crippen LogP contribution in [0.1, 0.15) is 48.7 Å². The third-order valence-corrected chi connectivity index (χ3v) is 4.94. The number of alkyl halides is 3. The molecule has 0 spiro atoms. The van der Waals surface area contributed by atoms with Crippen LogP contribution in [0.2, 0.25) is 0 Å². The second-order valence-corrected chi connectivity index (χ2v) is 7.39. The number of hydrazine groups is 1. The Morgan fingerprint density at radius 3 is 2.64 bits per heavy atom. The number of ether oxygens (including phenoxy) is 1. The van der Waals surface area contributed by atoms with E-state index in [1.54, 1.807) is 0 Å². The first-order chi connectivity index (χ1) is 15.7. The van der Waals surface area contributed by atoms with Crippen molar-refractivity contribution in [1.82, 2.24) is 25.4 Å². The third-order valence-electron chi connectivity index (χ3n) is 4.94. The maximum atomic E-state index is 13.6. The first kappa shape index (κ1) is 26.3. The first-order valence-electron chi connectivity index (χ1n) is 10.4. The Morgan fingerprint density at radius 2 is 2.03 bits per heavy atom. The summed E-state index contributed by atoms with van der Waals surface area (Å²) in [6, 6.07) is 0. The maximum Gasteiger partial charge on any atom is 0.434 e. The van der Waals surface area contributed by atoms with Gasteiger partial charge in [-0.25, -0.2) is 15.0 Å². The van der Waals surface area contributed by atoms with Crippen LogP contribution in [0, 0.1) is 5.92 Å². The van der Waals surface area contributed by atoms with Crippen LogP contribution in [-0.4, -0.2) is 76.2 Å². The minimum absolute atomic E-state index is 0.147. The molecule has 2 heterocycles. The van der Waals surface area contributed by atoms with E-state index in [2.05, 4.69) is 20.8 Å². The zero-order valence-corrected chi connectivity index (χ0v) is 18.1. The van der Waals surface area contributed by atoms with E-state index in [4.69, 9.17) is 4.74 Å². The van der Waals surface area contributed by atoms with Gasteiger partial charge in [0, 0.05) is 19.3 Å². The van der Waals surface area contributed by atoms with E-state index in [0.717, 1.165) is 19.0 Å². The number of morpholine rings is 1. The molecule has 1 aliphatic heterocycles. The van der Waals surface area contributed by atoms with Crippen molar-refractivity contribution in [2.24, 2.45) is 5.92 Å². The summed E-state index contributed by atoms with van der Waals surface area (Å²) in [5, 5.41) is 9.73. The highest BCUT2D eigenvalue weighted by molar-refractivity contribution is 5.95. The molecule has 11 nitrogen and oxygen atoms in total. The summed E-state index contributed by atoms with van der Waals surface area (Å²) in [6.07, 6.45) is -1.35. The minimum atomic E-state index is -4.94. The summed E-state index contributed by atoms with van der Waals surface area (Å²) in [5.41, 5.74) is 2.26. The highest BCUT2D eigenvalue weighted by Gasteiger charge is 2.39. The normalized spacial score (nSPS) is 15.0. The fourth-order valence-electron chi connectivity index (χ4n) is 3.19. The molecule has 0 aliphatic carbocycles. The predicted molar refractivity (Wildman–Crippen MR) is 108 cm³/mol. The van der Waals surface area contributed by atoms with Gasteiger partial charge in [-0.1, -0.05) is 26.2 Å². The molecule has 3 amide bonds. The van der Waals surface area contributed by atoms with Crippen LogP contribution in [0.25, 0.3) is 0 Å². The highest BCUT2D eigenvalue weighted by Crippen LogP contribution is 2.31. The van der Waals surface area contributed by atoms with Crippen molar-refractivity contribution >= 4 is 24.2 Å². The van der Waals surface area contributed by atoms with Gasteiger partial charge in [0.15, 0.2) is 5.69 Å². The lowest BCUT2D eigenvalue weighted by Gasteiger charge is -2.27. The highest BCUT2D eigenvalue weighted by atomic mass is 19.4. The summed E-state index contributed by atoms with van der Waals surface area (Å²) in [5.74, 6) is -2.92. The van der Waals surface area contributed by atoms with Crippen LogP contribution >= 0.6 is 0 Å². The SMILES string of the molecule is CCCCC[C@H](CN(O)C=O)C(=O)NNc1ncc(C(=O)N2CCOCC2)c(C(F)(F)F)n1. The number of unbranched alkanes of at least 4 members (excludes halogenated alkanes) is 2. The van der Waals surface area contributed by atoms with Gasteiger partial charge in [0.2, 0.25) is 18.3 Å². The first-order valence-corrected chi connectivity index (χ1v) is 10.4. The molecule has 1 aromatic rings. The van der Waals surface area contributed by atoms with Crippen molar-refractivity contribution < 1.29 is 37.5 Å². The Balaban J connectivity index is 2.13. The summed E-state index contributed by atoms with van der Waals surface area (Å²) in [4.78, 5) is 44.0. The average molecular weight is 476 g/mol. The zero-order valence-electron chi connectivity index (χ0n) is 18.1. The standard InChI is InChI=1S/C19H27F3N6O5/c1-2-3-4-5-13(11-28(32)12-29)16(30)25-26-18-23-10-14(15(24-18)19(20,21)22)17(31)27-6-8-33-9-7-27/h10,12-13,32H,2-9,11H2,1H3,(H,25,30)(H,23,24,26)/t13-/m1/s1. The van der Waals surface area contributed by atoms with Gasteiger partial charge in [-0.05, 0) is 6.42 Å². The Morgan fingerprint density at radius 1 is 1.33 bits per heavy atom. The minimum Gasteiger partial charge on any atom is -0.378 e. The molecular weight excluding hydrogens is 449 g/mol. The smallest absolute Gasteiger partial charge is 0.378 e. The summed E-state index contributed by atoms with van der Waals surface area (Å²) >= 11 is 0. The van der Waals surface area contributed by atoms with Gasteiger partial charge in [-0.15, -0.1) is 0 Å². The van der Waals surface area contributed by atoms with Crippen molar-refractivity contribution in [3.05, 3.63) is 17.5 Å². The van der Waals surface area contributed by atoms with E-state index in [0.29, 0.717) is 17.9 Å². The molecule has 0 bridgehead atoms. The molecule has 0 unspecified atom stereocenters. The molecule has 0 radical (unpaired) electrons. The molecule has 184 valence electrons. The molecule has 0 saturated carbocycles. The molecule has 1 atom stereocenters. The second-order valence-electron chi connectivity index (χ2n) is 7.39. The van der Waals surface area contributed by atoms with Crippen molar-refractivity contribution in [1.29, 1.82) is 0 Å². The number of nitrogens with one attached hydrogen (secondary N) is 2. The number of carbonyl (C=O) groups excluding carboxylic acids is 3. The van der Waals surface area contributed by atoms with Gasteiger partial charge < -0.3 is 9.64 Å². The van der Waals surface area contributed by atoms with Crippen LogP contribution in [0.5, 0.6) is 0 Å². The van der Waals surface area contributed by atoms with E-state index >= 15 is 0 Å². The van der Waals surface area contributed by atoms with Gasteiger partial charge in [-0.3, -0.25) is 30.4 Å². The van der Waals surface area contributed by atoms with Crippen molar-refractivity contribution in [2.45, 2.75) is 38.8 Å². The Kier molecular flexibility index (Phi) is 9.78. The number of amides is 3. The summed E-state index contributed by atoms with van der Waals surface area (Å²) in [7, 11) is 0. The molecule has 3 N–H and O–H groups in total. The largest absolute Gasteiger partial charge is 0.434 e. The molecule has 1 aliphatic rings. The summed E-state index contributed by atoms with van der Waals surface area (Å²) < 4.78 is 45.8. The number of nitrogens with zero attached hydrogens (tertiary/aromatic N) is 4. The molecule has 1 aromatic heterocycles. The fourth-order valence-corrected chi connectivity index (χ4v) is 3.19. The monoisotopic (exact) mass is 476 g/mol. The fraction of sp³-hybridized carbons (Fsp3) is 0.632. The molecule has 1 fully saturated rings. The average Bonchev–Trinajstić information content (AvgIpc) is 2.81. The Bertz CT molecular complexity index is 820. The zero-order chi connectivity index (χ0) is 24.4. The number of anilines is 1. The van der Waals surface area contributed by atoms with E-state index in [1.807, 2.05) is 6.92 Å². The number of hydrogen-bond acceptors (Lipinski definition) is 8. The van der Waals surface area contributed by atoms with Crippen LogP contribution in [0.15, 0.2) is 6.20 Å². The number of hydroxylamine groups is 2. The van der Waals surface area contributed by atoms with Gasteiger partial charge in [0.25, 0.3) is 5.91 Å².